The Morgan fingerprint density at radius 2 is 2.18 bits per heavy atom. The normalized spacial score (nSPS) is 9.71. The third-order valence-corrected chi connectivity index (χ3v) is 1.83. The minimum Gasteiger partial charge on any atom is -0.307 e. The van der Waals surface area contributed by atoms with Gasteiger partial charge in [-0.3, -0.25) is 9.78 Å². The molecule has 17 heavy (non-hydrogen) atoms. The number of hydrazine groups is 1. The Bertz CT molecular complexity index is 516. The fourth-order valence-electron chi connectivity index (χ4n) is 1.09. The molecule has 0 bridgehead atoms. The van der Waals surface area contributed by atoms with Crippen LogP contribution in [-0.2, 0) is 0 Å². The van der Waals surface area contributed by atoms with Gasteiger partial charge in [0.05, 0.1) is 12.4 Å². The molecule has 0 atom stereocenters. The lowest BCUT2D eigenvalue weighted by Gasteiger charge is -2.03. The number of nitrogens with two attached hydrogens (primary N) is 1. The van der Waals surface area contributed by atoms with Gasteiger partial charge in [0.25, 0.3) is 5.91 Å². The predicted molar refractivity (Wildman–Crippen MR) is 59.8 cm³/mol. The highest BCUT2D eigenvalue weighted by atomic mass is 16.2. The maximum absolute atomic E-state index is 11.7. The van der Waals surface area contributed by atoms with E-state index in [0.717, 1.165) is 0 Å². The second kappa shape index (κ2) is 4.94. The van der Waals surface area contributed by atoms with Crippen molar-refractivity contribution in [1.82, 2.24) is 20.2 Å². The smallest absolute Gasteiger partial charge is 0.277 e. The van der Waals surface area contributed by atoms with Crippen LogP contribution >= 0.6 is 0 Å². The molecule has 0 saturated heterocycles. The summed E-state index contributed by atoms with van der Waals surface area (Å²) >= 11 is 0. The van der Waals surface area contributed by atoms with Crippen LogP contribution in [0.4, 0.5) is 11.6 Å². The van der Waals surface area contributed by atoms with Crippen molar-refractivity contribution < 1.29 is 4.79 Å². The van der Waals surface area contributed by atoms with E-state index in [0.29, 0.717) is 11.6 Å². The van der Waals surface area contributed by atoms with Crippen molar-refractivity contribution in [3.63, 3.8) is 0 Å². The van der Waals surface area contributed by atoms with Gasteiger partial charge in [0.2, 0.25) is 0 Å². The van der Waals surface area contributed by atoms with Gasteiger partial charge in [-0.05, 0) is 12.1 Å². The van der Waals surface area contributed by atoms with E-state index < -0.39 is 5.91 Å². The van der Waals surface area contributed by atoms with Crippen LogP contribution in [0.15, 0.2) is 30.7 Å². The summed E-state index contributed by atoms with van der Waals surface area (Å²) in [6.45, 7) is 0. The quantitative estimate of drug-likeness (QED) is 0.494. The van der Waals surface area contributed by atoms with Crippen LogP contribution in [-0.4, -0.2) is 26.1 Å². The van der Waals surface area contributed by atoms with E-state index in [4.69, 9.17) is 5.84 Å². The first-order valence-corrected chi connectivity index (χ1v) is 4.67. The van der Waals surface area contributed by atoms with Gasteiger partial charge in [0.15, 0.2) is 11.6 Å². The number of aromatic nitrogens is 4. The van der Waals surface area contributed by atoms with E-state index in [1.807, 2.05) is 0 Å². The van der Waals surface area contributed by atoms with E-state index in [1.54, 1.807) is 12.1 Å². The first kappa shape index (κ1) is 10.9. The van der Waals surface area contributed by atoms with Gasteiger partial charge in [0.1, 0.15) is 5.69 Å². The predicted octanol–water partition coefficient (Wildman–Crippen LogP) is -0.196. The van der Waals surface area contributed by atoms with Gasteiger partial charge in [-0.1, -0.05) is 0 Å². The Labute approximate surface area is 96.3 Å². The molecule has 0 unspecified atom stereocenters. The lowest BCUT2D eigenvalue weighted by Crippen LogP contribution is -2.17. The first-order chi connectivity index (χ1) is 8.29. The molecule has 2 heterocycles. The van der Waals surface area contributed by atoms with Gasteiger partial charge >= 0.3 is 0 Å². The second-order valence-corrected chi connectivity index (χ2v) is 3.00. The number of hydrogen-bond donors (Lipinski definition) is 3. The van der Waals surface area contributed by atoms with Crippen molar-refractivity contribution in [3.05, 3.63) is 36.4 Å². The molecule has 0 aromatic carbocycles. The molecule has 4 N–H and O–H groups in total. The van der Waals surface area contributed by atoms with Crippen molar-refractivity contribution in [1.29, 1.82) is 0 Å². The lowest BCUT2D eigenvalue weighted by molar-refractivity contribution is 0.102. The summed E-state index contributed by atoms with van der Waals surface area (Å²) in [7, 11) is 0. The van der Waals surface area contributed by atoms with E-state index >= 15 is 0 Å². The number of nitrogen functional groups attached to an aromatic ring is 1. The van der Waals surface area contributed by atoms with Gasteiger partial charge in [0, 0.05) is 6.20 Å². The molecule has 2 aromatic heterocycles. The van der Waals surface area contributed by atoms with Gasteiger partial charge in [-0.15, -0.1) is 5.10 Å². The Hall–Kier alpha value is -2.61. The second-order valence-electron chi connectivity index (χ2n) is 3.00. The molecule has 1 amide bonds. The molecule has 0 aliphatic carbocycles. The number of hydrogen-bond acceptors (Lipinski definition) is 7. The summed E-state index contributed by atoms with van der Waals surface area (Å²) in [5.41, 5.74) is 2.44. The van der Waals surface area contributed by atoms with Gasteiger partial charge < -0.3 is 10.7 Å². The summed E-state index contributed by atoms with van der Waals surface area (Å²) < 4.78 is 0. The fourth-order valence-corrected chi connectivity index (χ4v) is 1.09. The van der Waals surface area contributed by atoms with Crippen molar-refractivity contribution in [3.8, 4) is 0 Å². The van der Waals surface area contributed by atoms with Gasteiger partial charge in [-0.25, -0.2) is 10.8 Å². The molecule has 2 aromatic rings. The summed E-state index contributed by atoms with van der Waals surface area (Å²) in [5, 5.41) is 9.87. The molecule has 0 aliphatic heterocycles. The Balaban J connectivity index is 2.14. The van der Waals surface area contributed by atoms with Crippen molar-refractivity contribution in [2.45, 2.75) is 0 Å². The van der Waals surface area contributed by atoms with Crippen molar-refractivity contribution in [2.24, 2.45) is 5.84 Å². The summed E-state index contributed by atoms with van der Waals surface area (Å²) in [6.07, 6.45) is 4.24. The maximum atomic E-state index is 11.7. The lowest BCUT2D eigenvalue weighted by atomic mass is 10.4. The number of amides is 1. The average Bonchev–Trinajstić information content (AvgIpc) is 2.40. The minimum absolute atomic E-state index is 0.131. The molecular formula is C9H9N7O. The van der Waals surface area contributed by atoms with Crippen LogP contribution in [0.2, 0.25) is 0 Å². The number of nitrogens with zero attached hydrogens (tertiary/aromatic N) is 4. The Kier molecular flexibility index (Phi) is 3.17. The van der Waals surface area contributed by atoms with Crippen LogP contribution in [0.3, 0.4) is 0 Å². The third kappa shape index (κ3) is 2.69. The molecule has 0 fully saturated rings. The molecular weight excluding hydrogens is 222 g/mol. The summed E-state index contributed by atoms with van der Waals surface area (Å²) in [6, 6.07) is 3.27. The number of nitrogens with one attached hydrogen (secondary N) is 2. The zero-order valence-electron chi connectivity index (χ0n) is 8.66. The number of carbonyl (C=O) groups is 1. The van der Waals surface area contributed by atoms with Crippen LogP contribution in [0.1, 0.15) is 10.5 Å². The van der Waals surface area contributed by atoms with Crippen LogP contribution in [0.25, 0.3) is 0 Å². The third-order valence-electron chi connectivity index (χ3n) is 1.83. The average molecular weight is 231 g/mol. The minimum atomic E-state index is -0.435. The number of anilines is 2. The van der Waals surface area contributed by atoms with E-state index in [9.17, 15) is 4.79 Å². The van der Waals surface area contributed by atoms with Crippen LogP contribution < -0.4 is 16.6 Å². The molecule has 2 rings (SSSR count). The first-order valence-electron chi connectivity index (χ1n) is 4.67. The Morgan fingerprint density at radius 3 is 2.88 bits per heavy atom. The maximum Gasteiger partial charge on any atom is 0.277 e. The number of rotatable bonds is 3. The zero-order valence-corrected chi connectivity index (χ0v) is 8.66. The molecule has 8 heteroatoms. The molecule has 8 nitrogen and oxygen atoms in total. The van der Waals surface area contributed by atoms with Crippen molar-refractivity contribution >= 4 is 17.5 Å². The highest BCUT2D eigenvalue weighted by Crippen LogP contribution is 2.04. The highest BCUT2D eigenvalue weighted by Gasteiger charge is 2.09. The summed E-state index contributed by atoms with van der Waals surface area (Å²) in [4.78, 5) is 19.5. The van der Waals surface area contributed by atoms with E-state index in [2.05, 4.69) is 30.9 Å². The SMILES string of the molecule is NNc1cncc(C(=O)Nc2cccnn2)n1. The molecule has 0 aliphatic rings. The van der Waals surface area contributed by atoms with Gasteiger partial charge in [-0.2, -0.15) is 5.10 Å². The topological polar surface area (TPSA) is 119 Å². The monoisotopic (exact) mass is 231 g/mol. The largest absolute Gasteiger partial charge is 0.307 e. The number of carbonyl (C=O) groups excluding carboxylic acids is 1. The molecule has 0 spiro atoms. The van der Waals surface area contributed by atoms with Crippen molar-refractivity contribution in [2.75, 3.05) is 10.7 Å². The standard InChI is InChI=1S/C9H9N7O/c10-15-8-5-11-4-6(13-8)9(17)14-7-2-1-3-12-16-7/h1-5H,10H2,(H,13,15)(H,14,16,17). The molecule has 86 valence electrons. The van der Waals surface area contributed by atoms with Crippen LogP contribution in [0, 0.1) is 0 Å². The molecule has 0 saturated carbocycles. The Morgan fingerprint density at radius 1 is 1.29 bits per heavy atom. The van der Waals surface area contributed by atoms with E-state index in [-0.39, 0.29) is 5.69 Å². The van der Waals surface area contributed by atoms with Crippen LogP contribution in [0.5, 0.6) is 0 Å². The molecule has 0 radical (unpaired) electrons. The fraction of sp³-hybridized carbons (Fsp3) is 0. The highest BCUT2D eigenvalue weighted by molar-refractivity contribution is 6.02. The zero-order chi connectivity index (χ0) is 12.1. The summed E-state index contributed by atoms with van der Waals surface area (Å²) in [5.74, 6) is 5.37. The van der Waals surface area contributed by atoms with E-state index in [1.165, 1.54) is 18.6 Å².